The topological polar surface area (TPSA) is 80.6 Å². The number of carbonyl (C=O) groups excluding carboxylic acids is 2. The molecule has 30 heavy (non-hydrogen) atoms. The van der Waals surface area contributed by atoms with Crippen LogP contribution in [0.3, 0.4) is 0 Å². The van der Waals surface area contributed by atoms with E-state index in [0.717, 1.165) is 32.6 Å². The van der Waals surface area contributed by atoms with Crippen molar-refractivity contribution in [2.45, 2.75) is 25.7 Å². The third-order valence-corrected chi connectivity index (χ3v) is 5.49. The van der Waals surface area contributed by atoms with Crippen LogP contribution in [0.4, 0.5) is 0 Å². The van der Waals surface area contributed by atoms with Gasteiger partial charge in [0.15, 0.2) is 0 Å². The Morgan fingerprint density at radius 3 is 2.57 bits per heavy atom. The molecule has 154 valence electrons. The summed E-state index contributed by atoms with van der Waals surface area (Å²) in [6.07, 6.45) is 1.53. The van der Waals surface area contributed by atoms with Gasteiger partial charge in [0.2, 0.25) is 5.91 Å². The molecule has 0 bridgehead atoms. The molecular formula is C23H23N3O3S. The van der Waals surface area contributed by atoms with Gasteiger partial charge in [-0.2, -0.15) is 5.10 Å². The second kappa shape index (κ2) is 9.54. The molecule has 0 saturated heterocycles. The second-order valence-corrected chi connectivity index (χ2v) is 7.95. The predicted molar refractivity (Wildman–Crippen MR) is 120 cm³/mol. The molecule has 0 saturated carbocycles. The Hall–Kier alpha value is -3.19. The fourth-order valence-electron chi connectivity index (χ4n) is 3.07. The van der Waals surface area contributed by atoms with Gasteiger partial charge in [0.1, 0.15) is 0 Å². The summed E-state index contributed by atoms with van der Waals surface area (Å²) in [6.45, 7) is 6.06. The van der Waals surface area contributed by atoms with Crippen LogP contribution in [0.5, 0.6) is 0 Å². The van der Waals surface area contributed by atoms with Crippen molar-refractivity contribution in [2.24, 2.45) is 5.10 Å². The van der Waals surface area contributed by atoms with E-state index >= 15 is 0 Å². The molecule has 1 N–H and O–H groups in total. The molecule has 0 radical (unpaired) electrons. The molecule has 0 spiro atoms. The van der Waals surface area contributed by atoms with Crippen molar-refractivity contribution in [1.82, 2.24) is 10.4 Å². The number of pyridine rings is 1. The number of hydrogen-bond acceptors (Lipinski definition) is 6. The summed E-state index contributed by atoms with van der Waals surface area (Å²) < 4.78 is 4.66. The first kappa shape index (κ1) is 21.5. The third kappa shape index (κ3) is 5.24. The van der Waals surface area contributed by atoms with Crippen LogP contribution in [0.1, 0.15) is 32.7 Å². The van der Waals surface area contributed by atoms with E-state index in [2.05, 4.69) is 46.2 Å². The van der Waals surface area contributed by atoms with E-state index in [1.165, 1.54) is 30.6 Å². The minimum atomic E-state index is -0.395. The maximum atomic E-state index is 12.2. The molecule has 7 heteroatoms. The van der Waals surface area contributed by atoms with E-state index in [4.69, 9.17) is 0 Å². The molecule has 0 fully saturated rings. The number of aromatic nitrogens is 1. The monoisotopic (exact) mass is 421 g/mol. The van der Waals surface area contributed by atoms with Gasteiger partial charge in [-0.1, -0.05) is 23.8 Å². The number of hydrazone groups is 1. The summed E-state index contributed by atoms with van der Waals surface area (Å²) in [4.78, 5) is 29.3. The Labute approximate surface area is 179 Å². The van der Waals surface area contributed by atoms with Crippen molar-refractivity contribution in [3.8, 4) is 0 Å². The van der Waals surface area contributed by atoms with Crippen LogP contribution < -0.4 is 5.43 Å². The number of nitrogens with zero attached hydrogens (tertiary/aromatic N) is 2. The van der Waals surface area contributed by atoms with Gasteiger partial charge in [0.05, 0.1) is 30.2 Å². The fourth-order valence-corrected chi connectivity index (χ4v) is 3.99. The maximum absolute atomic E-state index is 12.2. The quantitative estimate of drug-likeness (QED) is 0.279. The summed E-state index contributed by atoms with van der Waals surface area (Å²) in [5.74, 6) is -0.355. The van der Waals surface area contributed by atoms with Crippen molar-refractivity contribution in [3.63, 3.8) is 0 Å². The Morgan fingerprint density at radius 2 is 1.87 bits per heavy atom. The van der Waals surface area contributed by atoms with E-state index in [1.807, 2.05) is 13.0 Å². The molecule has 0 aliphatic carbocycles. The number of methoxy groups -OCH3 is 1. The summed E-state index contributed by atoms with van der Waals surface area (Å²) in [6, 6.07) is 13.0. The Kier molecular flexibility index (Phi) is 6.84. The highest BCUT2D eigenvalue weighted by molar-refractivity contribution is 8.00. The van der Waals surface area contributed by atoms with Gasteiger partial charge < -0.3 is 4.74 Å². The van der Waals surface area contributed by atoms with Crippen molar-refractivity contribution in [3.05, 3.63) is 70.4 Å². The Bertz CT molecular complexity index is 1120. The summed E-state index contributed by atoms with van der Waals surface area (Å²) in [5, 5.41) is 5.05. The van der Waals surface area contributed by atoms with Crippen LogP contribution in [-0.2, 0) is 9.53 Å². The van der Waals surface area contributed by atoms with Gasteiger partial charge in [-0.3, -0.25) is 9.78 Å². The fraction of sp³-hybridized carbons (Fsp3) is 0.217. The molecule has 1 aromatic heterocycles. The number of fused-ring (bicyclic) bond motifs is 1. The molecule has 2 aromatic carbocycles. The second-order valence-electron chi connectivity index (χ2n) is 6.94. The Balaban J connectivity index is 1.62. The zero-order valence-corrected chi connectivity index (χ0v) is 18.2. The first-order chi connectivity index (χ1) is 14.4. The van der Waals surface area contributed by atoms with E-state index < -0.39 is 5.97 Å². The number of benzene rings is 2. The first-order valence-electron chi connectivity index (χ1n) is 9.39. The van der Waals surface area contributed by atoms with Gasteiger partial charge in [-0.15, -0.1) is 11.8 Å². The highest BCUT2D eigenvalue weighted by Gasteiger charge is 2.10. The summed E-state index contributed by atoms with van der Waals surface area (Å²) >= 11 is 1.47. The highest BCUT2D eigenvalue weighted by atomic mass is 32.2. The number of hydrogen-bond donors (Lipinski definition) is 1. The van der Waals surface area contributed by atoms with Crippen LogP contribution >= 0.6 is 11.8 Å². The number of aryl methyl sites for hydroxylation is 3. The van der Waals surface area contributed by atoms with Crippen molar-refractivity contribution in [2.75, 3.05) is 12.9 Å². The molecule has 1 heterocycles. The average Bonchev–Trinajstić information content (AvgIpc) is 2.72. The lowest BCUT2D eigenvalue weighted by atomic mass is 10.1. The SMILES string of the molecule is COC(=O)c1ccc(C=NNC(=O)CSc2cc(C)nc3c(C)cc(C)cc23)cc1. The number of carbonyl (C=O) groups is 2. The van der Waals surface area contributed by atoms with Gasteiger partial charge in [-0.25, -0.2) is 10.2 Å². The van der Waals surface area contributed by atoms with E-state index in [9.17, 15) is 9.59 Å². The smallest absolute Gasteiger partial charge is 0.337 e. The van der Waals surface area contributed by atoms with Crippen LogP contribution in [-0.4, -0.2) is 35.9 Å². The number of thioether (sulfide) groups is 1. The van der Waals surface area contributed by atoms with Crippen molar-refractivity contribution >= 4 is 40.8 Å². The van der Waals surface area contributed by atoms with Crippen molar-refractivity contribution in [1.29, 1.82) is 0 Å². The number of ether oxygens (including phenoxy) is 1. The molecule has 0 aliphatic heterocycles. The van der Waals surface area contributed by atoms with E-state index in [1.54, 1.807) is 24.3 Å². The molecule has 6 nitrogen and oxygen atoms in total. The molecule has 3 rings (SSSR count). The predicted octanol–water partition coefficient (Wildman–Crippen LogP) is 4.19. The van der Waals surface area contributed by atoms with Crippen LogP contribution in [0.2, 0.25) is 0 Å². The van der Waals surface area contributed by atoms with Crippen LogP contribution in [0.15, 0.2) is 52.5 Å². The molecule has 0 atom stereocenters. The van der Waals surface area contributed by atoms with Crippen LogP contribution in [0.25, 0.3) is 10.9 Å². The van der Waals surface area contributed by atoms with Crippen LogP contribution in [0, 0.1) is 20.8 Å². The van der Waals surface area contributed by atoms with Gasteiger partial charge in [0, 0.05) is 16.0 Å². The molecule has 3 aromatic rings. The summed E-state index contributed by atoms with van der Waals surface area (Å²) in [5.41, 5.74) is 7.94. The van der Waals surface area contributed by atoms with Gasteiger partial charge >= 0.3 is 5.97 Å². The average molecular weight is 422 g/mol. The molecule has 0 aliphatic rings. The first-order valence-corrected chi connectivity index (χ1v) is 10.4. The van der Waals surface area contributed by atoms with Gasteiger partial charge in [0.25, 0.3) is 0 Å². The number of esters is 1. The largest absolute Gasteiger partial charge is 0.465 e. The molecule has 0 unspecified atom stereocenters. The minimum Gasteiger partial charge on any atom is -0.465 e. The normalized spacial score (nSPS) is 11.1. The lowest BCUT2D eigenvalue weighted by Crippen LogP contribution is -2.19. The minimum absolute atomic E-state index is 0.200. The standard InChI is InChI=1S/C23H23N3O3S/c1-14-9-15(2)22-19(10-14)20(11-16(3)25-22)30-13-21(27)26-24-12-17-5-7-18(8-6-17)23(28)29-4/h5-12H,13H2,1-4H3,(H,26,27). The third-order valence-electron chi connectivity index (χ3n) is 4.43. The highest BCUT2D eigenvalue weighted by Crippen LogP contribution is 2.30. The maximum Gasteiger partial charge on any atom is 0.337 e. The number of nitrogens with one attached hydrogen (secondary N) is 1. The van der Waals surface area contributed by atoms with Gasteiger partial charge in [-0.05, 0) is 56.2 Å². The zero-order valence-electron chi connectivity index (χ0n) is 17.4. The van der Waals surface area contributed by atoms with E-state index in [-0.39, 0.29) is 11.7 Å². The zero-order chi connectivity index (χ0) is 21.7. The lowest BCUT2D eigenvalue weighted by molar-refractivity contribution is -0.118. The van der Waals surface area contributed by atoms with E-state index in [0.29, 0.717) is 5.56 Å². The van der Waals surface area contributed by atoms with Crippen molar-refractivity contribution < 1.29 is 14.3 Å². The number of rotatable bonds is 6. The number of amides is 1. The Morgan fingerprint density at radius 1 is 1.13 bits per heavy atom. The lowest BCUT2D eigenvalue weighted by Gasteiger charge is -2.10. The molecule has 1 amide bonds. The molecular weight excluding hydrogens is 398 g/mol. The summed E-state index contributed by atoms with van der Waals surface area (Å²) in [7, 11) is 1.34.